The monoisotopic (exact) mass is 278 g/mol. The molecule has 2 rings (SSSR count). The van der Waals surface area contributed by atoms with Crippen LogP contribution in [0.4, 0.5) is 0 Å². The normalized spacial score (nSPS) is 24.4. The van der Waals surface area contributed by atoms with Crippen LogP contribution in [0.15, 0.2) is 16.7 Å². The van der Waals surface area contributed by atoms with E-state index in [4.69, 9.17) is 4.42 Å². The Labute approximate surface area is 123 Å². The van der Waals surface area contributed by atoms with E-state index in [0.717, 1.165) is 37.2 Å². The van der Waals surface area contributed by atoms with E-state index in [-0.39, 0.29) is 0 Å². The van der Waals surface area contributed by atoms with Gasteiger partial charge >= 0.3 is 0 Å². The molecule has 0 aliphatic carbocycles. The molecule has 0 aromatic carbocycles. The van der Waals surface area contributed by atoms with Crippen LogP contribution in [0.3, 0.4) is 0 Å². The zero-order chi connectivity index (χ0) is 14.5. The molecule has 0 saturated carbocycles. The molecule has 0 spiro atoms. The van der Waals surface area contributed by atoms with E-state index in [2.05, 4.69) is 44.0 Å². The smallest absolute Gasteiger partial charge is 0.122 e. The van der Waals surface area contributed by atoms with Gasteiger partial charge in [0.05, 0.1) is 12.8 Å². The number of likely N-dealkylation sites (tertiary alicyclic amines) is 1. The number of nitrogens with one attached hydrogen (secondary N) is 1. The average Bonchev–Trinajstić information content (AvgIpc) is 2.81. The fourth-order valence-electron chi connectivity index (χ4n) is 2.85. The summed E-state index contributed by atoms with van der Waals surface area (Å²) in [7, 11) is 0. The van der Waals surface area contributed by atoms with Crippen molar-refractivity contribution >= 4 is 0 Å². The molecule has 0 bridgehead atoms. The highest BCUT2D eigenvalue weighted by molar-refractivity contribution is 5.17. The number of hydrogen-bond acceptors (Lipinski definition) is 3. The van der Waals surface area contributed by atoms with E-state index >= 15 is 0 Å². The van der Waals surface area contributed by atoms with E-state index in [1.807, 2.05) is 6.26 Å². The van der Waals surface area contributed by atoms with Gasteiger partial charge in [-0.1, -0.05) is 27.7 Å². The first-order valence-electron chi connectivity index (χ1n) is 8.04. The first-order chi connectivity index (χ1) is 9.56. The molecule has 0 amide bonds. The number of nitrogens with zero attached hydrogens (tertiary/aromatic N) is 1. The van der Waals surface area contributed by atoms with Crippen LogP contribution in [0.5, 0.6) is 0 Å². The molecule has 1 saturated heterocycles. The Bertz CT molecular complexity index is 399. The largest absolute Gasteiger partial charge is 0.468 e. The van der Waals surface area contributed by atoms with E-state index in [0.29, 0.717) is 5.92 Å². The van der Waals surface area contributed by atoms with E-state index in [1.54, 1.807) is 0 Å². The summed E-state index contributed by atoms with van der Waals surface area (Å²) in [6, 6.07) is 2.11. The van der Waals surface area contributed by atoms with Crippen molar-refractivity contribution < 1.29 is 4.42 Å². The SMILES string of the molecule is CC(C)CNCc1ccoc1CN1CCC(C)C(C)C1. The fourth-order valence-corrected chi connectivity index (χ4v) is 2.85. The number of piperidine rings is 1. The summed E-state index contributed by atoms with van der Waals surface area (Å²) in [5, 5.41) is 3.50. The molecule has 114 valence electrons. The molecule has 2 atom stereocenters. The Morgan fingerprint density at radius 1 is 1.35 bits per heavy atom. The van der Waals surface area contributed by atoms with Gasteiger partial charge in [0.2, 0.25) is 0 Å². The summed E-state index contributed by atoms with van der Waals surface area (Å²) in [4.78, 5) is 2.54. The fraction of sp³-hybridized carbons (Fsp3) is 0.765. The predicted octanol–water partition coefficient (Wildman–Crippen LogP) is 3.50. The van der Waals surface area contributed by atoms with Crippen LogP contribution in [-0.2, 0) is 13.1 Å². The van der Waals surface area contributed by atoms with Gasteiger partial charge in [-0.15, -0.1) is 0 Å². The molecule has 2 unspecified atom stereocenters. The van der Waals surface area contributed by atoms with Gasteiger partial charge in [0.15, 0.2) is 0 Å². The van der Waals surface area contributed by atoms with Crippen molar-refractivity contribution in [1.82, 2.24) is 10.2 Å². The molecular weight excluding hydrogens is 248 g/mol. The second kappa shape index (κ2) is 7.28. The molecule has 1 fully saturated rings. The minimum atomic E-state index is 0.690. The standard InChI is InChI=1S/C17H30N2O/c1-13(2)9-18-10-16-6-8-20-17(16)12-19-7-5-14(3)15(4)11-19/h6,8,13-15,18H,5,7,9-12H2,1-4H3. The van der Waals surface area contributed by atoms with Gasteiger partial charge in [-0.3, -0.25) is 4.90 Å². The lowest BCUT2D eigenvalue weighted by Gasteiger charge is -2.34. The summed E-state index contributed by atoms with van der Waals surface area (Å²) in [6.45, 7) is 14.5. The van der Waals surface area contributed by atoms with E-state index in [9.17, 15) is 0 Å². The highest BCUT2D eigenvalue weighted by Gasteiger charge is 2.23. The van der Waals surface area contributed by atoms with Gasteiger partial charge in [-0.25, -0.2) is 0 Å². The zero-order valence-corrected chi connectivity index (χ0v) is 13.5. The van der Waals surface area contributed by atoms with Gasteiger partial charge in [-0.2, -0.15) is 0 Å². The Morgan fingerprint density at radius 3 is 2.85 bits per heavy atom. The summed E-state index contributed by atoms with van der Waals surface area (Å²) in [5.41, 5.74) is 1.32. The molecule has 1 aromatic heterocycles. The van der Waals surface area contributed by atoms with Crippen LogP contribution >= 0.6 is 0 Å². The number of furan rings is 1. The Balaban J connectivity index is 1.85. The Hall–Kier alpha value is -0.800. The van der Waals surface area contributed by atoms with Gasteiger partial charge in [0.25, 0.3) is 0 Å². The lowest BCUT2D eigenvalue weighted by molar-refractivity contribution is 0.124. The van der Waals surface area contributed by atoms with Crippen LogP contribution in [0.25, 0.3) is 0 Å². The van der Waals surface area contributed by atoms with Crippen LogP contribution in [-0.4, -0.2) is 24.5 Å². The predicted molar refractivity (Wildman–Crippen MR) is 83.5 cm³/mol. The van der Waals surface area contributed by atoms with Crippen LogP contribution in [0, 0.1) is 17.8 Å². The van der Waals surface area contributed by atoms with Crippen molar-refractivity contribution in [3.05, 3.63) is 23.7 Å². The molecule has 3 heteroatoms. The maximum atomic E-state index is 5.71. The zero-order valence-electron chi connectivity index (χ0n) is 13.5. The van der Waals surface area contributed by atoms with Crippen molar-refractivity contribution in [2.45, 2.75) is 47.2 Å². The molecule has 1 aliphatic rings. The van der Waals surface area contributed by atoms with Crippen molar-refractivity contribution in [3.63, 3.8) is 0 Å². The first-order valence-corrected chi connectivity index (χ1v) is 8.04. The Kier molecular flexibility index (Phi) is 5.67. The summed E-state index contributed by atoms with van der Waals surface area (Å²) < 4.78 is 5.71. The van der Waals surface area contributed by atoms with Gasteiger partial charge < -0.3 is 9.73 Å². The summed E-state index contributed by atoms with van der Waals surface area (Å²) >= 11 is 0. The van der Waals surface area contributed by atoms with Gasteiger partial charge in [-0.05, 0) is 43.3 Å². The average molecular weight is 278 g/mol. The third-order valence-corrected chi connectivity index (χ3v) is 4.49. The topological polar surface area (TPSA) is 28.4 Å². The van der Waals surface area contributed by atoms with Crippen LogP contribution < -0.4 is 5.32 Å². The third kappa shape index (κ3) is 4.35. The maximum absolute atomic E-state index is 5.71. The molecule has 0 radical (unpaired) electrons. The number of hydrogen-bond donors (Lipinski definition) is 1. The minimum absolute atomic E-state index is 0.690. The highest BCUT2D eigenvalue weighted by Crippen LogP contribution is 2.24. The second-order valence-corrected chi connectivity index (χ2v) is 6.87. The van der Waals surface area contributed by atoms with Gasteiger partial charge in [0.1, 0.15) is 5.76 Å². The first kappa shape index (κ1) is 15.6. The van der Waals surface area contributed by atoms with Crippen molar-refractivity contribution in [2.75, 3.05) is 19.6 Å². The summed E-state index contributed by atoms with van der Waals surface area (Å²) in [5.74, 6) is 3.48. The van der Waals surface area contributed by atoms with E-state index < -0.39 is 0 Å². The molecule has 1 aromatic rings. The molecular formula is C17H30N2O. The van der Waals surface area contributed by atoms with Crippen molar-refractivity contribution in [2.24, 2.45) is 17.8 Å². The van der Waals surface area contributed by atoms with Gasteiger partial charge in [0, 0.05) is 18.7 Å². The van der Waals surface area contributed by atoms with Crippen LogP contribution in [0.1, 0.15) is 45.4 Å². The van der Waals surface area contributed by atoms with E-state index in [1.165, 1.54) is 25.1 Å². The maximum Gasteiger partial charge on any atom is 0.122 e. The highest BCUT2D eigenvalue weighted by atomic mass is 16.3. The molecule has 20 heavy (non-hydrogen) atoms. The van der Waals surface area contributed by atoms with Crippen molar-refractivity contribution in [3.8, 4) is 0 Å². The number of rotatable bonds is 6. The van der Waals surface area contributed by atoms with Crippen LogP contribution in [0.2, 0.25) is 0 Å². The lowest BCUT2D eigenvalue weighted by atomic mass is 9.88. The third-order valence-electron chi connectivity index (χ3n) is 4.49. The molecule has 2 heterocycles. The minimum Gasteiger partial charge on any atom is -0.468 e. The Morgan fingerprint density at radius 2 is 2.15 bits per heavy atom. The molecule has 3 nitrogen and oxygen atoms in total. The quantitative estimate of drug-likeness (QED) is 0.863. The summed E-state index contributed by atoms with van der Waals surface area (Å²) in [6.07, 6.45) is 3.14. The second-order valence-electron chi connectivity index (χ2n) is 6.87. The molecule has 1 N–H and O–H groups in total. The van der Waals surface area contributed by atoms with Crippen molar-refractivity contribution in [1.29, 1.82) is 0 Å². The molecule has 1 aliphatic heterocycles. The lowest BCUT2D eigenvalue weighted by Crippen LogP contribution is -2.38.